The van der Waals surface area contributed by atoms with E-state index in [4.69, 9.17) is 17.2 Å². The number of carbonyl (C=O) groups excluding carboxylic acids is 11. The Labute approximate surface area is 472 Å². The Hall–Kier alpha value is -7.77. The topological polar surface area (TPSA) is 365 Å². The Kier molecular flexibility index (Phi) is 25.0. The van der Waals surface area contributed by atoms with Gasteiger partial charge in [-0.05, 0) is 62.6 Å². The maximum Gasteiger partial charge on any atom is 0.246 e. The lowest BCUT2D eigenvalue weighted by Gasteiger charge is -2.32. The fourth-order valence-electron chi connectivity index (χ4n) is 9.08. The van der Waals surface area contributed by atoms with Crippen LogP contribution >= 0.6 is 21.6 Å². The highest BCUT2D eigenvalue weighted by atomic mass is 33.1. The molecule has 5 rings (SSSR count). The minimum atomic E-state index is -1.66. The minimum Gasteiger partial charge on any atom is -0.389 e. The van der Waals surface area contributed by atoms with Crippen LogP contribution in [0.5, 0.6) is 0 Å². The van der Waals surface area contributed by atoms with E-state index in [1.807, 2.05) is 0 Å². The highest BCUT2D eigenvalue weighted by molar-refractivity contribution is 8.76. The van der Waals surface area contributed by atoms with Crippen LogP contribution in [0.2, 0.25) is 0 Å². The summed E-state index contributed by atoms with van der Waals surface area (Å²) < 4.78 is 0. The van der Waals surface area contributed by atoms with Crippen molar-refractivity contribution in [2.75, 3.05) is 31.1 Å². The van der Waals surface area contributed by atoms with Crippen LogP contribution in [0.3, 0.4) is 0 Å². The van der Waals surface area contributed by atoms with Gasteiger partial charge in [0.05, 0.1) is 12.6 Å². The number of likely N-dealkylation sites (tertiary alicyclic amines) is 1. The summed E-state index contributed by atoms with van der Waals surface area (Å²) in [5.41, 5.74) is 19.9. The smallest absolute Gasteiger partial charge is 0.246 e. The van der Waals surface area contributed by atoms with E-state index in [2.05, 4.69) is 49.1 Å². The molecule has 8 atom stereocenters. The summed E-state index contributed by atoms with van der Waals surface area (Å²) >= 11 is 0. The number of amides is 10. The second-order valence-corrected chi connectivity index (χ2v) is 22.1. The molecule has 430 valence electrons. The molecule has 14 N–H and O–H groups in total. The number of nitrogens with zero attached hydrogens (tertiary/aromatic N) is 1. The van der Waals surface area contributed by atoms with Crippen molar-refractivity contribution in [2.24, 2.45) is 17.2 Å². The average Bonchev–Trinajstić information content (AvgIpc) is 3.93. The molecular formula is C55H72N12O11S2. The summed E-state index contributed by atoms with van der Waals surface area (Å²) in [4.78, 5) is 153. The SMILES string of the molecule is C=C(C)NCCC[C@H](NC(=O)[C@@H]1CCCN1C(=O)[C@@H]1CSSC[C@H](N)C(=O)N[C@H](C(c2ccccc2)c2ccccc2)C(=O)N[C@@H](Cc2ccccc2)C(=O)N[C@@H](CCC(N)=O)C(=O)N[C@@H](CC(C)=O)C(=O)N1)C(=O)NCC(N)=O. The number of nitrogens with one attached hydrogen (secondary N) is 8. The van der Waals surface area contributed by atoms with Crippen molar-refractivity contribution in [1.29, 1.82) is 0 Å². The first-order valence-corrected chi connectivity index (χ1v) is 28.7. The van der Waals surface area contributed by atoms with Crippen LogP contribution in [0.1, 0.15) is 81.4 Å². The van der Waals surface area contributed by atoms with E-state index < -0.39 is 138 Å². The van der Waals surface area contributed by atoms with Gasteiger partial charge in [0.25, 0.3) is 0 Å². The molecule has 0 unspecified atom stereocenters. The molecule has 23 nitrogen and oxygen atoms in total. The third-order valence-electron chi connectivity index (χ3n) is 13.1. The maximum absolute atomic E-state index is 15.0. The first-order chi connectivity index (χ1) is 38.2. The summed E-state index contributed by atoms with van der Waals surface area (Å²) in [7, 11) is 2.11. The molecule has 0 spiro atoms. The van der Waals surface area contributed by atoms with Crippen molar-refractivity contribution < 1.29 is 52.7 Å². The van der Waals surface area contributed by atoms with Crippen LogP contribution in [-0.2, 0) is 59.2 Å². The molecular weight excluding hydrogens is 1070 g/mol. The Bertz CT molecular complexity index is 2650. The molecule has 0 aromatic heterocycles. The number of rotatable bonds is 21. The Morgan fingerprint density at radius 2 is 1.27 bits per heavy atom. The van der Waals surface area contributed by atoms with Crippen molar-refractivity contribution in [1.82, 2.24) is 47.4 Å². The van der Waals surface area contributed by atoms with E-state index in [-0.39, 0.29) is 43.7 Å². The average molecular weight is 1140 g/mol. The van der Waals surface area contributed by atoms with Gasteiger partial charge in [-0.15, -0.1) is 0 Å². The van der Waals surface area contributed by atoms with Crippen LogP contribution in [-0.4, -0.2) is 149 Å². The molecule has 3 aromatic carbocycles. The third kappa shape index (κ3) is 19.8. The van der Waals surface area contributed by atoms with Gasteiger partial charge in [0.1, 0.15) is 48.1 Å². The summed E-state index contributed by atoms with van der Waals surface area (Å²) in [5.74, 6) is -9.89. The molecule has 0 radical (unpaired) electrons. The van der Waals surface area contributed by atoms with Crippen LogP contribution in [0.25, 0.3) is 0 Å². The van der Waals surface area contributed by atoms with Crippen molar-refractivity contribution in [3.8, 4) is 0 Å². The van der Waals surface area contributed by atoms with E-state index in [1.165, 1.54) is 11.8 Å². The number of nitrogens with two attached hydrogens (primary N) is 3. The molecule has 80 heavy (non-hydrogen) atoms. The fraction of sp³-hybridized carbons (Fsp3) is 0.436. The first kappa shape index (κ1) is 63.1. The molecule has 2 aliphatic rings. The number of Topliss-reactive ketones (excluding diaryl/α,β-unsaturated/α-hetero) is 1. The highest BCUT2D eigenvalue weighted by Gasteiger charge is 2.41. The summed E-state index contributed by atoms with van der Waals surface area (Å²) in [6, 6.07) is 15.4. The molecule has 0 saturated carbocycles. The Morgan fingerprint density at radius 3 is 1.88 bits per heavy atom. The molecule has 0 bridgehead atoms. The number of hydrogen-bond acceptors (Lipinski definition) is 15. The molecule has 2 heterocycles. The van der Waals surface area contributed by atoms with Crippen LogP contribution in [0.4, 0.5) is 0 Å². The van der Waals surface area contributed by atoms with E-state index in [9.17, 15) is 47.9 Å². The lowest BCUT2D eigenvalue weighted by molar-refractivity contribution is -0.142. The maximum atomic E-state index is 15.0. The largest absolute Gasteiger partial charge is 0.389 e. The summed E-state index contributed by atoms with van der Waals surface area (Å²) in [5, 5.41) is 21.7. The van der Waals surface area contributed by atoms with E-state index in [0.717, 1.165) is 21.6 Å². The number of benzene rings is 3. The second-order valence-electron chi connectivity index (χ2n) is 19.6. The van der Waals surface area contributed by atoms with Gasteiger partial charge in [0.15, 0.2) is 0 Å². The van der Waals surface area contributed by atoms with Gasteiger partial charge in [-0.1, -0.05) is 119 Å². The third-order valence-corrected chi connectivity index (χ3v) is 15.6. The first-order valence-electron chi connectivity index (χ1n) is 26.2. The van der Waals surface area contributed by atoms with Crippen molar-refractivity contribution >= 4 is 86.4 Å². The van der Waals surface area contributed by atoms with Crippen LogP contribution in [0, 0.1) is 0 Å². The van der Waals surface area contributed by atoms with Gasteiger partial charge in [-0.2, -0.15) is 0 Å². The number of allylic oxidation sites excluding steroid dienone is 1. The predicted molar refractivity (Wildman–Crippen MR) is 302 cm³/mol. The van der Waals surface area contributed by atoms with Crippen LogP contribution < -0.4 is 59.7 Å². The van der Waals surface area contributed by atoms with Gasteiger partial charge < -0.3 is 64.6 Å². The van der Waals surface area contributed by atoms with Gasteiger partial charge in [-0.3, -0.25) is 52.7 Å². The lowest BCUT2D eigenvalue weighted by atomic mass is 9.84. The van der Waals surface area contributed by atoms with E-state index in [0.29, 0.717) is 41.8 Å². The minimum absolute atomic E-state index is 0.0506. The standard InChI is InChI=1S/C55H72N12O11S2/c1-32(2)59-25-13-21-38(49(72)60-29-45(58)70)62-53(76)43-22-14-26-67(43)55(78)42-31-80-79-30-37(56)48(71)66-47(46(35-17-9-5-10-18-35)36-19-11-6-12-20-36)54(77)64-41(28-34-15-7-4-8-16-34)52(75)61-39(23-24-44(57)69)50(73)63-40(27-33(3)68)51(74)65-42/h4-12,15-20,37-43,46-47,59H,1,13-14,21-31,56H2,2-3H3,(H2,57,69)(H2,58,70)(H,60,72)(H,61,75)(H,62,76)(H,63,73)(H,64,77)(H,65,74)(H,66,71)/t37-,38-,39-,40-,41-,42-,43-,47+/m0/s1. The molecule has 2 saturated heterocycles. The fourth-order valence-corrected chi connectivity index (χ4v) is 11.4. The quantitative estimate of drug-likeness (QED) is 0.0470. The zero-order valence-corrected chi connectivity index (χ0v) is 46.4. The normalized spacial score (nSPS) is 22.0. The van der Waals surface area contributed by atoms with Gasteiger partial charge in [-0.25, -0.2) is 0 Å². The molecule has 3 aromatic rings. The number of carbonyl (C=O) groups is 11. The number of hydrogen-bond donors (Lipinski definition) is 11. The molecule has 0 aliphatic carbocycles. The number of primary amides is 2. The van der Waals surface area contributed by atoms with Crippen molar-refractivity contribution in [3.63, 3.8) is 0 Å². The molecule has 25 heteroatoms. The summed E-state index contributed by atoms with van der Waals surface area (Å²) in [6.45, 7) is 6.70. The van der Waals surface area contributed by atoms with Gasteiger partial charge in [0, 0.05) is 55.5 Å². The Morgan fingerprint density at radius 1 is 0.700 bits per heavy atom. The summed E-state index contributed by atoms with van der Waals surface area (Å²) in [6.07, 6.45) is -0.492. The second kappa shape index (κ2) is 31.7. The zero-order valence-electron chi connectivity index (χ0n) is 44.7. The van der Waals surface area contributed by atoms with Crippen molar-refractivity contribution in [2.45, 2.75) is 119 Å². The van der Waals surface area contributed by atoms with Crippen LogP contribution in [0.15, 0.2) is 103 Å². The Balaban J connectivity index is 1.53. The monoisotopic (exact) mass is 1140 g/mol. The van der Waals surface area contributed by atoms with E-state index >= 15 is 4.79 Å². The highest BCUT2D eigenvalue weighted by Crippen LogP contribution is 2.30. The van der Waals surface area contributed by atoms with E-state index in [1.54, 1.807) is 97.9 Å². The van der Waals surface area contributed by atoms with Gasteiger partial charge in [0.2, 0.25) is 59.1 Å². The van der Waals surface area contributed by atoms with Gasteiger partial charge >= 0.3 is 0 Å². The lowest BCUT2D eigenvalue weighted by Crippen LogP contribution is -2.61. The zero-order chi connectivity index (χ0) is 58.3. The molecule has 2 fully saturated rings. The molecule has 2 aliphatic heterocycles. The van der Waals surface area contributed by atoms with Crippen molar-refractivity contribution in [3.05, 3.63) is 120 Å². The number of ketones is 1. The molecule has 10 amide bonds. The predicted octanol–water partition coefficient (Wildman–Crippen LogP) is -0.567.